The van der Waals surface area contributed by atoms with E-state index >= 15 is 0 Å². The Bertz CT molecular complexity index is 697. The molecule has 0 saturated carbocycles. The van der Waals surface area contributed by atoms with Gasteiger partial charge in [0.05, 0.1) is 12.4 Å². The van der Waals surface area contributed by atoms with E-state index in [0.29, 0.717) is 18.8 Å². The number of methoxy groups -OCH3 is 1. The van der Waals surface area contributed by atoms with E-state index in [1.165, 1.54) is 11.8 Å². The number of hydrogen-bond acceptors (Lipinski definition) is 5. The van der Waals surface area contributed by atoms with Crippen LogP contribution >= 0.6 is 11.8 Å². The number of Topliss-reactive ketones (excluding diaryl/α,β-unsaturated/α-hetero) is 1. The van der Waals surface area contributed by atoms with Gasteiger partial charge in [-0.05, 0) is 49.4 Å². The zero-order valence-electron chi connectivity index (χ0n) is 13.1. The predicted molar refractivity (Wildman–Crippen MR) is 90.1 cm³/mol. The summed E-state index contributed by atoms with van der Waals surface area (Å²) in [5, 5.41) is -0.189. The Labute approximate surface area is 139 Å². The van der Waals surface area contributed by atoms with Gasteiger partial charge in [-0.3, -0.25) is 4.79 Å². The Balaban J connectivity index is 1.70. The Hall–Kier alpha value is -2.14. The molecule has 3 rings (SSSR count). The van der Waals surface area contributed by atoms with Crippen LogP contribution in [0.1, 0.15) is 17.3 Å². The van der Waals surface area contributed by atoms with Crippen LogP contribution < -0.4 is 14.2 Å². The lowest BCUT2D eigenvalue weighted by Gasteiger charge is -2.19. The first kappa shape index (κ1) is 15.7. The molecule has 1 aliphatic rings. The summed E-state index contributed by atoms with van der Waals surface area (Å²) in [5.74, 6) is 2.33. The van der Waals surface area contributed by atoms with Gasteiger partial charge in [-0.2, -0.15) is 0 Å². The van der Waals surface area contributed by atoms with Crippen LogP contribution in [-0.2, 0) is 0 Å². The van der Waals surface area contributed by atoms with E-state index in [1.54, 1.807) is 31.4 Å². The Kier molecular flexibility index (Phi) is 4.76. The molecule has 0 amide bonds. The lowest BCUT2D eigenvalue weighted by atomic mass is 10.1. The fourth-order valence-electron chi connectivity index (χ4n) is 2.34. The molecule has 0 radical (unpaired) electrons. The first-order valence-electron chi connectivity index (χ1n) is 7.42. The molecule has 0 N–H and O–H groups in total. The zero-order chi connectivity index (χ0) is 16.2. The number of carbonyl (C=O) groups excluding carboxylic acids is 1. The van der Waals surface area contributed by atoms with E-state index in [9.17, 15) is 4.79 Å². The van der Waals surface area contributed by atoms with E-state index in [-0.39, 0.29) is 11.0 Å². The molecule has 5 heteroatoms. The lowest BCUT2D eigenvalue weighted by Crippen LogP contribution is -2.15. The molecule has 2 aromatic carbocycles. The van der Waals surface area contributed by atoms with Gasteiger partial charge in [0.2, 0.25) is 0 Å². The molecule has 1 aliphatic heterocycles. The maximum Gasteiger partial charge on any atom is 0.175 e. The van der Waals surface area contributed by atoms with Crippen LogP contribution in [0.2, 0.25) is 0 Å². The molecular formula is C18H18O4S. The Morgan fingerprint density at radius 3 is 2.48 bits per heavy atom. The molecule has 0 spiro atoms. The minimum Gasteiger partial charge on any atom is -0.497 e. The van der Waals surface area contributed by atoms with Crippen LogP contribution in [0.4, 0.5) is 0 Å². The third kappa shape index (κ3) is 3.62. The van der Waals surface area contributed by atoms with E-state index in [1.807, 2.05) is 25.1 Å². The molecule has 0 unspecified atom stereocenters. The van der Waals surface area contributed by atoms with Crippen molar-refractivity contribution in [1.82, 2.24) is 0 Å². The van der Waals surface area contributed by atoms with Crippen LogP contribution in [-0.4, -0.2) is 31.4 Å². The average Bonchev–Trinajstić information content (AvgIpc) is 2.61. The molecule has 0 fully saturated rings. The molecule has 0 saturated heterocycles. The fourth-order valence-corrected chi connectivity index (χ4v) is 3.32. The summed E-state index contributed by atoms with van der Waals surface area (Å²) < 4.78 is 16.2. The SMILES string of the molecule is COc1ccc(C(=O)[C@H](C)Sc2ccc3c(c2)OCCO3)cc1. The van der Waals surface area contributed by atoms with Crippen molar-refractivity contribution in [3.05, 3.63) is 48.0 Å². The van der Waals surface area contributed by atoms with Gasteiger partial charge in [0.1, 0.15) is 19.0 Å². The highest BCUT2D eigenvalue weighted by molar-refractivity contribution is 8.00. The number of hydrogen-bond donors (Lipinski definition) is 0. The normalized spacial score (nSPS) is 14.2. The zero-order valence-corrected chi connectivity index (χ0v) is 13.9. The summed E-state index contributed by atoms with van der Waals surface area (Å²) in [7, 11) is 1.61. The molecule has 1 heterocycles. The highest BCUT2D eigenvalue weighted by Gasteiger charge is 2.18. The summed E-state index contributed by atoms with van der Waals surface area (Å²) in [6.45, 7) is 3.04. The highest BCUT2D eigenvalue weighted by Crippen LogP contribution is 2.36. The number of ketones is 1. The van der Waals surface area contributed by atoms with Crippen molar-refractivity contribution in [1.29, 1.82) is 0 Å². The monoisotopic (exact) mass is 330 g/mol. The smallest absolute Gasteiger partial charge is 0.175 e. The van der Waals surface area contributed by atoms with Crippen molar-refractivity contribution >= 4 is 17.5 Å². The van der Waals surface area contributed by atoms with E-state index in [0.717, 1.165) is 22.1 Å². The lowest BCUT2D eigenvalue weighted by molar-refractivity contribution is 0.0994. The second-order valence-electron chi connectivity index (χ2n) is 5.16. The van der Waals surface area contributed by atoms with Crippen LogP contribution in [0, 0.1) is 0 Å². The second-order valence-corrected chi connectivity index (χ2v) is 6.57. The van der Waals surface area contributed by atoms with Gasteiger partial charge < -0.3 is 14.2 Å². The van der Waals surface area contributed by atoms with Crippen molar-refractivity contribution in [2.24, 2.45) is 0 Å². The molecule has 23 heavy (non-hydrogen) atoms. The Morgan fingerprint density at radius 1 is 1.09 bits per heavy atom. The first-order chi connectivity index (χ1) is 11.2. The van der Waals surface area contributed by atoms with Crippen molar-refractivity contribution in [2.45, 2.75) is 17.1 Å². The second kappa shape index (κ2) is 6.96. The summed E-state index contributed by atoms with van der Waals surface area (Å²) in [5.41, 5.74) is 0.684. The van der Waals surface area contributed by atoms with Gasteiger partial charge in [-0.25, -0.2) is 0 Å². The van der Waals surface area contributed by atoms with Gasteiger partial charge >= 0.3 is 0 Å². The minimum absolute atomic E-state index is 0.0903. The van der Waals surface area contributed by atoms with Gasteiger partial charge in [0, 0.05) is 10.5 Å². The number of ether oxygens (including phenoxy) is 3. The van der Waals surface area contributed by atoms with Crippen LogP contribution in [0.25, 0.3) is 0 Å². The van der Waals surface area contributed by atoms with E-state index in [4.69, 9.17) is 14.2 Å². The van der Waals surface area contributed by atoms with E-state index in [2.05, 4.69) is 0 Å². The molecule has 0 aromatic heterocycles. The molecular weight excluding hydrogens is 312 g/mol. The maximum atomic E-state index is 12.5. The molecule has 120 valence electrons. The number of benzene rings is 2. The largest absolute Gasteiger partial charge is 0.497 e. The average molecular weight is 330 g/mol. The molecule has 1 atom stereocenters. The number of carbonyl (C=O) groups is 1. The summed E-state index contributed by atoms with van der Waals surface area (Å²) in [6, 6.07) is 13.0. The van der Waals surface area contributed by atoms with Crippen molar-refractivity contribution in [3.63, 3.8) is 0 Å². The van der Waals surface area contributed by atoms with Gasteiger partial charge in [0.25, 0.3) is 0 Å². The standard InChI is InChI=1S/C18H18O4S/c1-12(18(19)13-3-5-14(20-2)6-4-13)23-15-7-8-16-17(11-15)22-10-9-21-16/h3-8,11-12H,9-10H2,1-2H3/t12-/m0/s1. The quantitative estimate of drug-likeness (QED) is 0.616. The molecule has 4 nitrogen and oxygen atoms in total. The Morgan fingerprint density at radius 2 is 1.78 bits per heavy atom. The molecule has 2 aromatic rings. The van der Waals surface area contributed by atoms with Crippen molar-refractivity contribution in [2.75, 3.05) is 20.3 Å². The third-order valence-electron chi connectivity index (χ3n) is 3.57. The minimum atomic E-state index is -0.189. The van der Waals surface area contributed by atoms with Crippen molar-refractivity contribution < 1.29 is 19.0 Å². The summed E-state index contributed by atoms with van der Waals surface area (Å²) >= 11 is 1.51. The number of rotatable bonds is 5. The van der Waals surface area contributed by atoms with Crippen LogP contribution in [0.5, 0.6) is 17.2 Å². The highest BCUT2D eigenvalue weighted by atomic mass is 32.2. The number of thioether (sulfide) groups is 1. The van der Waals surface area contributed by atoms with Gasteiger partial charge in [-0.1, -0.05) is 0 Å². The molecule has 0 bridgehead atoms. The van der Waals surface area contributed by atoms with Crippen molar-refractivity contribution in [3.8, 4) is 17.2 Å². The topological polar surface area (TPSA) is 44.8 Å². The summed E-state index contributed by atoms with van der Waals surface area (Å²) in [6.07, 6.45) is 0. The van der Waals surface area contributed by atoms with Crippen LogP contribution in [0.15, 0.2) is 47.4 Å². The van der Waals surface area contributed by atoms with E-state index < -0.39 is 0 Å². The fraction of sp³-hybridized carbons (Fsp3) is 0.278. The van der Waals surface area contributed by atoms with Crippen LogP contribution in [0.3, 0.4) is 0 Å². The third-order valence-corrected chi connectivity index (χ3v) is 4.66. The number of fused-ring (bicyclic) bond motifs is 1. The maximum absolute atomic E-state index is 12.5. The van der Waals surface area contributed by atoms with Gasteiger partial charge in [-0.15, -0.1) is 11.8 Å². The predicted octanol–water partition coefficient (Wildman–Crippen LogP) is 3.83. The summed E-state index contributed by atoms with van der Waals surface area (Å²) in [4.78, 5) is 13.5. The van der Waals surface area contributed by atoms with Gasteiger partial charge in [0.15, 0.2) is 17.3 Å². The first-order valence-corrected chi connectivity index (χ1v) is 8.30. The molecule has 0 aliphatic carbocycles.